The highest BCUT2D eigenvalue weighted by Crippen LogP contribution is 2.26. The molecule has 25 heavy (non-hydrogen) atoms. The van der Waals surface area contributed by atoms with Crippen LogP contribution < -0.4 is 10.2 Å². The van der Waals surface area contributed by atoms with Crippen molar-refractivity contribution >= 4 is 28.4 Å². The zero-order chi connectivity index (χ0) is 17.4. The molecule has 0 spiro atoms. The molecule has 3 aromatic rings. The van der Waals surface area contributed by atoms with Crippen molar-refractivity contribution in [2.45, 2.75) is 0 Å². The quantitative estimate of drug-likeness (QED) is 0.744. The van der Waals surface area contributed by atoms with Gasteiger partial charge in [0.15, 0.2) is 0 Å². The topological polar surface area (TPSA) is 62.3 Å². The van der Waals surface area contributed by atoms with Crippen molar-refractivity contribution in [1.29, 1.82) is 0 Å². The van der Waals surface area contributed by atoms with Crippen LogP contribution in [0.25, 0.3) is 10.9 Å². The number of halogens is 1. The number of amides is 2. The lowest BCUT2D eigenvalue weighted by Crippen LogP contribution is -2.35. The van der Waals surface area contributed by atoms with Crippen molar-refractivity contribution in [3.63, 3.8) is 0 Å². The van der Waals surface area contributed by atoms with Gasteiger partial charge in [-0.3, -0.25) is 14.6 Å². The van der Waals surface area contributed by atoms with Crippen LogP contribution in [0.1, 0.15) is 20.7 Å². The van der Waals surface area contributed by atoms with Crippen LogP contribution in [0.5, 0.6) is 0 Å². The minimum Gasteiger partial charge on any atom is -0.350 e. The van der Waals surface area contributed by atoms with Crippen LogP contribution in [0.4, 0.5) is 10.1 Å². The molecule has 0 saturated heterocycles. The highest BCUT2D eigenvalue weighted by Gasteiger charge is 2.27. The largest absolute Gasteiger partial charge is 0.350 e. The Balaban J connectivity index is 1.87. The van der Waals surface area contributed by atoms with E-state index in [1.807, 2.05) is 0 Å². The Bertz CT molecular complexity index is 1000. The number of nitrogens with zero attached hydrogens (tertiary/aromatic N) is 2. The molecule has 0 fully saturated rings. The number of pyridine rings is 1. The lowest BCUT2D eigenvalue weighted by Gasteiger charge is -2.22. The predicted molar refractivity (Wildman–Crippen MR) is 92.2 cm³/mol. The highest BCUT2D eigenvalue weighted by atomic mass is 19.1. The molecular formula is C19H14FN3O2. The number of carbonyl (C=O) groups excluding carboxylic acids is 2. The second kappa shape index (κ2) is 5.98. The summed E-state index contributed by atoms with van der Waals surface area (Å²) in [5, 5.41) is 3.32. The number of hydrogen-bond acceptors (Lipinski definition) is 3. The number of rotatable bonds is 1. The van der Waals surface area contributed by atoms with Gasteiger partial charge in [0.1, 0.15) is 5.82 Å². The van der Waals surface area contributed by atoms with Crippen LogP contribution in [-0.2, 0) is 0 Å². The van der Waals surface area contributed by atoms with Crippen molar-refractivity contribution < 1.29 is 14.0 Å². The Labute approximate surface area is 143 Å². The fraction of sp³-hybridized carbons (Fsp3) is 0.105. The Kier molecular flexibility index (Phi) is 3.65. The van der Waals surface area contributed by atoms with Crippen molar-refractivity contribution in [2.24, 2.45) is 0 Å². The van der Waals surface area contributed by atoms with E-state index in [-0.39, 0.29) is 17.4 Å². The average molecular weight is 335 g/mol. The summed E-state index contributed by atoms with van der Waals surface area (Å²) in [7, 11) is 0. The number of para-hydroxylation sites is 1. The third-order valence-electron chi connectivity index (χ3n) is 4.21. The molecule has 6 heteroatoms. The molecule has 1 aromatic heterocycles. The van der Waals surface area contributed by atoms with Crippen molar-refractivity contribution in [3.05, 3.63) is 71.7 Å². The van der Waals surface area contributed by atoms with Gasteiger partial charge in [-0.1, -0.05) is 18.2 Å². The molecule has 124 valence electrons. The van der Waals surface area contributed by atoms with E-state index in [1.165, 1.54) is 17.0 Å². The number of carbonyl (C=O) groups is 2. The zero-order valence-electron chi connectivity index (χ0n) is 13.2. The predicted octanol–water partition coefficient (Wildman–Crippen LogP) is 2.76. The molecule has 5 nitrogen and oxygen atoms in total. The Morgan fingerprint density at radius 1 is 1.16 bits per heavy atom. The smallest absolute Gasteiger partial charge is 0.260 e. The average Bonchev–Trinajstić information content (AvgIpc) is 2.80. The van der Waals surface area contributed by atoms with Gasteiger partial charge in [-0.05, 0) is 30.3 Å². The van der Waals surface area contributed by atoms with Crippen molar-refractivity contribution in [2.75, 3.05) is 18.0 Å². The van der Waals surface area contributed by atoms with Gasteiger partial charge in [-0.25, -0.2) is 4.39 Å². The summed E-state index contributed by atoms with van der Waals surface area (Å²) in [5.74, 6) is -1.11. The van der Waals surface area contributed by atoms with Gasteiger partial charge >= 0.3 is 0 Å². The summed E-state index contributed by atoms with van der Waals surface area (Å²) < 4.78 is 14.0. The molecule has 2 amide bonds. The molecule has 2 aromatic carbocycles. The molecule has 0 aliphatic carbocycles. The van der Waals surface area contributed by atoms with Crippen LogP contribution in [0.2, 0.25) is 0 Å². The van der Waals surface area contributed by atoms with E-state index >= 15 is 0 Å². The second-order valence-electron chi connectivity index (χ2n) is 5.76. The zero-order valence-corrected chi connectivity index (χ0v) is 13.2. The van der Waals surface area contributed by atoms with Gasteiger partial charge in [0.05, 0.1) is 22.3 Å². The fourth-order valence-electron chi connectivity index (χ4n) is 3.07. The maximum absolute atomic E-state index is 14.0. The first kappa shape index (κ1) is 15.3. The first-order valence-corrected chi connectivity index (χ1v) is 7.88. The molecule has 0 atom stereocenters. The monoisotopic (exact) mass is 335 g/mol. The summed E-state index contributed by atoms with van der Waals surface area (Å²) >= 11 is 0. The molecular weight excluding hydrogens is 321 g/mol. The standard InChI is InChI=1S/C19H14FN3O2/c20-13-10-12-4-3-7-21-17(12)15(11-13)19(25)23-9-8-22-18(24)14-5-1-2-6-16(14)23/h1-7,10-11H,8-9H2,(H,22,24). The van der Waals surface area contributed by atoms with Gasteiger partial charge in [-0.15, -0.1) is 0 Å². The minimum atomic E-state index is -0.499. The van der Waals surface area contributed by atoms with Crippen molar-refractivity contribution in [1.82, 2.24) is 10.3 Å². The van der Waals surface area contributed by atoms with Crippen LogP contribution in [-0.4, -0.2) is 29.9 Å². The molecule has 2 heterocycles. The minimum absolute atomic E-state index is 0.180. The highest BCUT2D eigenvalue weighted by molar-refractivity contribution is 6.15. The third-order valence-corrected chi connectivity index (χ3v) is 4.21. The second-order valence-corrected chi connectivity index (χ2v) is 5.76. The van der Waals surface area contributed by atoms with E-state index in [1.54, 1.807) is 42.6 Å². The summed E-state index contributed by atoms with van der Waals surface area (Å²) in [5.41, 5.74) is 1.55. The third kappa shape index (κ3) is 2.61. The molecule has 0 radical (unpaired) electrons. The van der Waals surface area contributed by atoms with Crippen LogP contribution in [0, 0.1) is 5.82 Å². The van der Waals surface area contributed by atoms with Crippen molar-refractivity contribution in [3.8, 4) is 0 Å². The normalized spacial score (nSPS) is 14.0. The first-order valence-electron chi connectivity index (χ1n) is 7.88. The van der Waals surface area contributed by atoms with E-state index < -0.39 is 5.82 Å². The van der Waals surface area contributed by atoms with E-state index in [9.17, 15) is 14.0 Å². The molecule has 0 unspecified atom stereocenters. The summed E-state index contributed by atoms with van der Waals surface area (Å²) in [6, 6.07) is 12.8. The SMILES string of the molecule is O=C1NCCN(C(=O)c2cc(F)cc3cccnc23)c2ccccc21. The Morgan fingerprint density at radius 3 is 2.88 bits per heavy atom. The molecule has 1 N–H and O–H groups in total. The van der Waals surface area contributed by atoms with Gasteiger partial charge in [0.2, 0.25) is 0 Å². The first-order chi connectivity index (χ1) is 12.1. The number of nitrogens with one attached hydrogen (secondary N) is 1. The maximum Gasteiger partial charge on any atom is 0.260 e. The van der Waals surface area contributed by atoms with Gasteiger partial charge < -0.3 is 10.2 Å². The van der Waals surface area contributed by atoms with E-state index in [4.69, 9.17) is 0 Å². The van der Waals surface area contributed by atoms with Crippen LogP contribution in [0.3, 0.4) is 0 Å². The fourth-order valence-corrected chi connectivity index (χ4v) is 3.07. The number of fused-ring (bicyclic) bond motifs is 2. The number of anilines is 1. The lowest BCUT2D eigenvalue weighted by molar-refractivity contribution is 0.0953. The van der Waals surface area contributed by atoms with Crippen LogP contribution >= 0.6 is 0 Å². The van der Waals surface area contributed by atoms with E-state index in [0.717, 1.165) is 0 Å². The number of hydrogen-bond donors (Lipinski definition) is 1. The molecule has 0 saturated carbocycles. The number of aromatic nitrogens is 1. The number of benzene rings is 2. The summed E-state index contributed by atoms with van der Waals surface area (Å²) in [4.78, 5) is 31.1. The summed E-state index contributed by atoms with van der Waals surface area (Å²) in [6.07, 6.45) is 1.57. The molecule has 0 bridgehead atoms. The van der Waals surface area contributed by atoms with Gasteiger partial charge in [0, 0.05) is 24.7 Å². The lowest BCUT2D eigenvalue weighted by atomic mass is 10.1. The van der Waals surface area contributed by atoms with Gasteiger partial charge in [-0.2, -0.15) is 0 Å². The Hall–Kier alpha value is -3.28. The van der Waals surface area contributed by atoms with Crippen LogP contribution in [0.15, 0.2) is 54.7 Å². The molecule has 1 aliphatic rings. The van der Waals surface area contributed by atoms with E-state index in [2.05, 4.69) is 10.3 Å². The molecule has 4 rings (SSSR count). The maximum atomic E-state index is 14.0. The molecule has 1 aliphatic heterocycles. The Morgan fingerprint density at radius 2 is 2.00 bits per heavy atom. The van der Waals surface area contributed by atoms with E-state index in [0.29, 0.717) is 35.2 Å². The van der Waals surface area contributed by atoms with Gasteiger partial charge in [0.25, 0.3) is 11.8 Å². The summed E-state index contributed by atoms with van der Waals surface area (Å²) in [6.45, 7) is 0.617.